The van der Waals surface area contributed by atoms with Gasteiger partial charge in [-0.05, 0) is 61.4 Å². The molecule has 4 amide bonds. The van der Waals surface area contributed by atoms with E-state index in [1.54, 1.807) is 23.8 Å². The molecule has 0 spiro atoms. The van der Waals surface area contributed by atoms with Gasteiger partial charge in [0.2, 0.25) is 23.6 Å². The lowest BCUT2D eigenvalue weighted by atomic mass is 9.90. The van der Waals surface area contributed by atoms with Crippen LogP contribution >= 0.6 is 0 Å². The molecule has 2 aromatic carbocycles. The Morgan fingerprint density at radius 1 is 0.887 bits per heavy atom. The molecule has 0 saturated carbocycles. The summed E-state index contributed by atoms with van der Waals surface area (Å²) in [6.07, 6.45) is 2.82. The first-order chi connectivity index (χ1) is 29.5. The van der Waals surface area contributed by atoms with E-state index in [1.165, 1.54) is 26.2 Å². The normalized spacial score (nSPS) is 17.1. The highest BCUT2D eigenvalue weighted by Crippen LogP contribution is 2.29. The quantitative estimate of drug-likeness (QED) is 0.106. The Balaban J connectivity index is 0.00000428. The van der Waals surface area contributed by atoms with Crippen molar-refractivity contribution in [1.82, 2.24) is 25.3 Å². The van der Waals surface area contributed by atoms with E-state index >= 15 is 0 Å². The zero-order valence-corrected chi connectivity index (χ0v) is 39.6. The number of likely N-dealkylation sites (N-methyl/N-ethyl adjacent to an activating group) is 2. The van der Waals surface area contributed by atoms with Crippen LogP contribution in [-0.2, 0) is 46.3 Å². The van der Waals surface area contributed by atoms with Crippen LogP contribution in [0.5, 0.6) is 0 Å². The molecule has 4 N–H and O–H groups in total. The number of benzene rings is 2. The van der Waals surface area contributed by atoms with Gasteiger partial charge in [0, 0.05) is 53.5 Å². The summed E-state index contributed by atoms with van der Waals surface area (Å²) in [5, 5.41) is 18.6. The van der Waals surface area contributed by atoms with Gasteiger partial charge in [0.1, 0.15) is 6.04 Å². The second-order valence-electron chi connectivity index (χ2n) is 17.0. The molecule has 1 aliphatic rings. The van der Waals surface area contributed by atoms with Crippen molar-refractivity contribution in [1.29, 1.82) is 0 Å². The van der Waals surface area contributed by atoms with E-state index in [-0.39, 0.29) is 48.9 Å². The summed E-state index contributed by atoms with van der Waals surface area (Å²) in [5.74, 6) is -3.12. The molecule has 8 atom stereocenters. The Bertz CT molecular complexity index is 1660. The SMILES string of the molecule is CCC.CCC(C)C(C(CC(=O)N1CCCC1C(OC)C(C)C(=O)N[C@@H](Cc1ccccc1)C(=O)O)OC)N(C)C(=O)CNC(=O)C(C(C)C)N(C)CCc1ccc(NC)cc1. The van der Waals surface area contributed by atoms with Crippen molar-refractivity contribution in [3.63, 3.8) is 0 Å². The number of carboxylic acids is 1. The molecular formula is C48H78N6O8. The van der Waals surface area contributed by atoms with Crippen LogP contribution in [-0.4, -0.2) is 141 Å². The van der Waals surface area contributed by atoms with Crippen LogP contribution in [0.1, 0.15) is 91.7 Å². The first kappa shape index (κ1) is 53.6. The number of methoxy groups -OCH3 is 2. The lowest BCUT2D eigenvalue weighted by Crippen LogP contribution is -2.55. The number of nitrogens with zero attached hydrogens (tertiary/aromatic N) is 3. The van der Waals surface area contributed by atoms with E-state index in [9.17, 15) is 29.1 Å². The number of carboxylic acid groups (broad SMARTS) is 1. The van der Waals surface area contributed by atoms with Crippen LogP contribution < -0.4 is 16.0 Å². The number of anilines is 1. The minimum absolute atomic E-state index is 0.00188. The lowest BCUT2D eigenvalue weighted by molar-refractivity contribution is -0.147. The number of nitrogens with one attached hydrogen (secondary N) is 3. The van der Waals surface area contributed by atoms with E-state index in [2.05, 4.69) is 41.9 Å². The number of ether oxygens (including phenoxy) is 2. The molecule has 348 valence electrons. The van der Waals surface area contributed by atoms with E-state index in [1.807, 2.05) is 89.2 Å². The summed E-state index contributed by atoms with van der Waals surface area (Å²) in [4.78, 5) is 72.5. The highest BCUT2D eigenvalue weighted by molar-refractivity contribution is 5.88. The molecule has 2 aromatic rings. The predicted molar refractivity (Wildman–Crippen MR) is 246 cm³/mol. The molecule has 1 saturated heterocycles. The highest BCUT2D eigenvalue weighted by Gasteiger charge is 2.42. The molecule has 0 aromatic heterocycles. The van der Waals surface area contributed by atoms with Crippen molar-refractivity contribution in [2.24, 2.45) is 17.8 Å². The molecule has 14 heteroatoms. The summed E-state index contributed by atoms with van der Waals surface area (Å²) in [6.45, 7) is 14.9. The summed E-state index contributed by atoms with van der Waals surface area (Å²) in [6, 6.07) is 14.8. The van der Waals surface area contributed by atoms with E-state index in [0.29, 0.717) is 32.4 Å². The number of aliphatic carboxylic acids is 1. The van der Waals surface area contributed by atoms with Crippen molar-refractivity contribution in [3.8, 4) is 0 Å². The van der Waals surface area contributed by atoms with E-state index in [0.717, 1.165) is 17.7 Å². The maximum Gasteiger partial charge on any atom is 0.326 e. The Morgan fingerprint density at radius 2 is 1.52 bits per heavy atom. The molecule has 3 rings (SSSR count). The van der Waals surface area contributed by atoms with Crippen LogP contribution in [0.25, 0.3) is 0 Å². The van der Waals surface area contributed by atoms with Crippen molar-refractivity contribution in [3.05, 3.63) is 65.7 Å². The third-order valence-corrected chi connectivity index (χ3v) is 12.0. The summed E-state index contributed by atoms with van der Waals surface area (Å²) in [7, 11) is 8.53. The molecule has 1 fully saturated rings. The molecule has 62 heavy (non-hydrogen) atoms. The summed E-state index contributed by atoms with van der Waals surface area (Å²) >= 11 is 0. The zero-order chi connectivity index (χ0) is 46.5. The maximum absolute atomic E-state index is 14.2. The van der Waals surface area contributed by atoms with Crippen molar-refractivity contribution >= 4 is 35.3 Å². The van der Waals surface area contributed by atoms with Gasteiger partial charge >= 0.3 is 5.97 Å². The van der Waals surface area contributed by atoms with Gasteiger partial charge in [-0.25, -0.2) is 4.79 Å². The maximum atomic E-state index is 14.2. The van der Waals surface area contributed by atoms with Gasteiger partial charge in [0.15, 0.2) is 0 Å². The first-order valence-electron chi connectivity index (χ1n) is 22.4. The van der Waals surface area contributed by atoms with Crippen LogP contribution in [0.4, 0.5) is 5.69 Å². The predicted octanol–water partition coefficient (Wildman–Crippen LogP) is 5.49. The third kappa shape index (κ3) is 16.0. The van der Waals surface area contributed by atoms with Gasteiger partial charge in [0.05, 0.1) is 49.2 Å². The highest BCUT2D eigenvalue weighted by atomic mass is 16.5. The fourth-order valence-corrected chi connectivity index (χ4v) is 8.37. The first-order valence-corrected chi connectivity index (χ1v) is 22.4. The van der Waals surface area contributed by atoms with E-state index in [4.69, 9.17) is 9.47 Å². The summed E-state index contributed by atoms with van der Waals surface area (Å²) in [5.41, 5.74) is 2.98. The van der Waals surface area contributed by atoms with Crippen LogP contribution in [0, 0.1) is 17.8 Å². The zero-order valence-electron chi connectivity index (χ0n) is 39.6. The average molecular weight is 867 g/mol. The Morgan fingerprint density at radius 3 is 2.05 bits per heavy atom. The molecular weight excluding hydrogens is 789 g/mol. The smallest absolute Gasteiger partial charge is 0.326 e. The Hall–Kier alpha value is -4.53. The summed E-state index contributed by atoms with van der Waals surface area (Å²) < 4.78 is 11.8. The van der Waals surface area contributed by atoms with Gasteiger partial charge in [-0.1, -0.05) is 104 Å². The molecule has 7 unspecified atom stereocenters. The van der Waals surface area contributed by atoms with Crippen LogP contribution in [0.2, 0.25) is 0 Å². The molecule has 1 aliphatic heterocycles. The number of hydrogen-bond donors (Lipinski definition) is 4. The molecule has 0 bridgehead atoms. The monoisotopic (exact) mass is 867 g/mol. The van der Waals surface area contributed by atoms with Gasteiger partial charge in [-0.3, -0.25) is 24.1 Å². The number of likely N-dealkylation sites (tertiary alicyclic amines) is 1. The molecule has 0 aliphatic carbocycles. The standard InChI is InChI=1S/C45H70N6O8.C3H8/c1-11-30(4)41(50(8)39(53)28-47-44(55)40(29(2)3)49(7)25-23-32-19-21-34(46-6)22-20-32)37(58-9)27-38(52)51-24-15-18-36(51)42(59-10)31(5)43(54)48-35(45(56)57)26-33-16-13-12-14-17-33;1-3-2/h12-14,16-17,19-22,29-31,35-37,40-42,46H,11,15,18,23-28H2,1-10H3,(H,47,55)(H,48,54)(H,56,57);3H2,1-2H3/t30?,31?,35-,36?,37?,40?,41?,42?;/m0./s1. The van der Waals surface area contributed by atoms with Gasteiger partial charge in [-0.15, -0.1) is 0 Å². The van der Waals surface area contributed by atoms with Crippen LogP contribution in [0.15, 0.2) is 54.6 Å². The molecule has 1 heterocycles. The second-order valence-corrected chi connectivity index (χ2v) is 17.0. The fourth-order valence-electron chi connectivity index (χ4n) is 8.37. The second kappa shape index (κ2) is 27.5. The van der Waals surface area contributed by atoms with Gasteiger partial charge in [0.25, 0.3) is 0 Å². The number of rotatable bonds is 24. The fraction of sp³-hybridized carbons (Fsp3) is 0.646. The Labute approximate surface area is 371 Å². The number of carbonyl (C=O) groups is 5. The minimum Gasteiger partial charge on any atom is -0.480 e. The van der Waals surface area contributed by atoms with Crippen molar-refractivity contribution in [2.45, 2.75) is 130 Å². The van der Waals surface area contributed by atoms with Crippen molar-refractivity contribution in [2.75, 3.05) is 60.3 Å². The van der Waals surface area contributed by atoms with Crippen molar-refractivity contribution < 1.29 is 38.6 Å². The average Bonchev–Trinajstić information content (AvgIpc) is 3.74. The van der Waals surface area contributed by atoms with Crippen LogP contribution in [0.3, 0.4) is 0 Å². The Kier molecular flexibility index (Phi) is 23.8. The molecule has 0 radical (unpaired) electrons. The van der Waals surface area contributed by atoms with Gasteiger partial charge < -0.3 is 40.3 Å². The molecule has 14 nitrogen and oxygen atoms in total. The number of amides is 4. The lowest BCUT2D eigenvalue weighted by Gasteiger charge is -2.39. The minimum atomic E-state index is -1.14. The largest absolute Gasteiger partial charge is 0.480 e. The topological polar surface area (TPSA) is 170 Å². The van der Waals surface area contributed by atoms with E-state index < -0.39 is 54.2 Å². The third-order valence-electron chi connectivity index (χ3n) is 12.0. The number of carbonyl (C=O) groups excluding carboxylic acids is 4. The number of hydrogen-bond acceptors (Lipinski definition) is 9. The van der Waals surface area contributed by atoms with Gasteiger partial charge in [-0.2, -0.15) is 0 Å².